The first-order valence-electron chi connectivity index (χ1n) is 7.76. The first-order valence-corrected chi connectivity index (χ1v) is 7.76. The van der Waals surface area contributed by atoms with Crippen LogP contribution in [-0.4, -0.2) is 74.8 Å². The Balaban J connectivity index is 1.46. The highest BCUT2D eigenvalue weighted by molar-refractivity contribution is 5.78. The van der Waals surface area contributed by atoms with Crippen LogP contribution in [0.15, 0.2) is 6.33 Å². The zero-order valence-electron chi connectivity index (χ0n) is 12.2. The van der Waals surface area contributed by atoms with Crippen LogP contribution in [-0.2, 0) is 4.79 Å². The minimum atomic E-state index is -0.274. The lowest BCUT2D eigenvalue weighted by Gasteiger charge is -2.34. The number of piperidine rings is 2. The molecule has 0 saturated carbocycles. The largest absolute Gasteiger partial charge is 0.392 e. The van der Waals surface area contributed by atoms with E-state index in [4.69, 9.17) is 0 Å². The third-order valence-electron chi connectivity index (χ3n) is 4.51. The number of aliphatic hydroxyl groups is 1. The Morgan fingerprint density at radius 3 is 2.81 bits per heavy atom. The summed E-state index contributed by atoms with van der Waals surface area (Å²) >= 11 is 0. The second kappa shape index (κ2) is 6.53. The minimum Gasteiger partial charge on any atom is -0.392 e. The van der Waals surface area contributed by atoms with E-state index in [1.807, 2.05) is 4.90 Å². The molecule has 7 heteroatoms. The number of hydrogen-bond acceptors (Lipinski definition) is 5. The molecule has 2 saturated heterocycles. The van der Waals surface area contributed by atoms with Crippen molar-refractivity contribution in [3.8, 4) is 0 Å². The van der Waals surface area contributed by atoms with Crippen LogP contribution < -0.4 is 0 Å². The summed E-state index contributed by atoms with van der Waals surface area (Å²) in [7, 11) is 0. The summed E-state index contributed by atoms with van der Waals surface area (Å²) in [6.45, 7) is 3.53. The summed E-state index contributed by atoms with van der Waals surface area (Å²) in [6, 6.07) is 0. The predicted octanol–water partition coefficient (Wildman–Crippen LogP) is -0.0326. The molecular weight excluding hydrogens is 270 g/mol. The predicted molar refractivity (Wildman–Crippen MR) is 76.6 cm³/mol. The molecule has 1 aromatic rings. The van der Waals surface area contributed by atoms with Gasteiger partial charge in [0.2, 0.25) is 5.91 Å². The van der Waals surface area contributed by atoms with E-state index in [0.29, 0.717) is 19.0 Å². The van der Waals surface area contributed by atoms with Crippen molar-refractivity contribution >= 4 is 5.91 Å². The Kier molecular flexibility index (Phi) is 4.50. The van der Waals surface area contributed by atoms with E-state index in [1.54, 1.807) is 0 Å². The molecule has 3 rings (SSSR count). The molecule has 1 unspecified atom stereocenters. The lowest BCUT2D eigenvalue weighted by atomic mass is 9.96. The number of rotatable bonds is 3. The summed E-state index contributed by atoms with van der Waals surface area (Å²) in [5, 5.41) is 16.5. The van der Waals surface area contributed by atoms with Gasteiger partial charge in [-0.05, 0) is 32.2 Å². The van der Waals surface area contributed by atoms with Crippen molar-refractivity contribution in [1.29, 1.82) is 0 Å². The number of carbonyl (C=O) groups excluding carboxylic acids is 1. The number of carbonyl (C=O) groups is 1. The molecule has 116 valence electrons. The lowest BCUT2D eigenvalue weighted by molar-refractivity contribution is -0.134. The van der Waals surface area contributed by atoms with Gasteiger partial charge in [-0.3, -0.25) is 14.8 Å². The number of likely N-dealkylation sites (tertiary alicyclic amines) is 2. The molecule has 21 heavy (non-hydrogen) atoms. The second-order valence-corrected chi connectivity index (χ2v) is 6.06. The van der Waals surface area contributed by atoms with E-state index in [1.165, 1.54) is 6.33 Å². The molecular formula is C14H23N5O2. The second-order valence-electron chi connectivity index (χ2n) is 6.06. The monoisotopic (exact) mass is 293 g/mol. The zero-order chi connectivity index (χ0) is 14.7. The third-order valence-corrected chi connectivity index (χ3v) is 4.51. The number of hydrogen-bond donors (Lipinski definition) is 2. The van der Waals surface area contributed by atoms with E-state index in [-0.39, 0.29) is 12.0 Å². The summed E-state index contributed by atoms with van der Waals surface area (Å²) in [6.07, 6.45) is 4.96. The van der Waals surface area contributed by atoms with Gasteiger partial charge in [-0.1, -0.05) is 0 Å². The maximum atomic E-state index is 12.3. The van der Waals surface area contributed by atoms with Gasteiger partial charge in [0.25, 0.3) is 0 Å². The number of β-amino-alcohol motifs (C(OH)–C–C–N with tert-alkyl or cyclic N) is 1. The van der Waals surface area contributed by atoms with Crippen LogP contribution in [0.25, 0.3) is 0 Å². The average Bonchev–Trinajstić information content (AvgIpc) is 3.01. The molecule has 2 fully saturated rings. The highest BCUT2D eigenvalue weighted by atomic mass is 16.3. The Bertz CT molecular complexity index is 456. The molecule has 1 atom stereocenters. The molecule has 0 aromatic carbocycles. The Labute approximate surface area is 124 Å². The van der Waals surface area contributed by atoms with Crippen molar-refractivity contribution in [3.63, 3.8) is 0 Å². The van der Waals surface area contributed by atoms with E-state index in [2.05, 4.69) is 20.1 Å². The topological polar surface area (TPSA) is 85.3 Å². The number of nitrogens with zero attached hydrogens (tertiary/aromatic N) is 4. The van der Waals surface area contributed by atoms with E-state index in [0.717, 1.165) is 51.1 Å². The zero-order valence-corrected chi connectivity index (χ0v) is 12.2. The Morgan fingerprint density at radius 1 is 1.33 bits per heavy atom. The molecule has 0 aliphatic carbocycles. The smallest absolute Gasteiger partial charge is 0.236 e. The number of H-pyrrole nitrogens is 1. The summed E-state index contributed by atoms with van der Waals surface area (Å²) in [5.41, 5.74) is 0. The average molecular weight is 293 g/mol. The van der Waals surface area contributed by atoms with E-state index in [9.17, 15) is 9.90 Å². The molecule has 1 aromatic heterocycles. The van der Waals surface area contributed by atoms with E-state index >= 15 is 0 Å². The fraction of sp³-hybridized carbons (Fsp3) is 0.786. The number of aromatic amines is 1. The van der Waals surface area contributed by atoms with Crippen LogP contribution in [0.3, 0.4) is 0 Å². The summed E-state index contributed by atoms with van der Waals surface area (Å²) < 4.78 is 0. The van der Waals surface area contributed by atoms with Gasteiger partial charge in [0.15, 0.2) is 0 Å². The highest BCUT2D eigenvalue weighted by Crippen LogP contribution is 2.25. The van der Waals surface area contributed by atoms with Gasteiger partial charge in [0.05, 0.1) is 12.6 Å². The van der Waals surface area contributed by atoms with Gasteiger partial charge in [-0.15, -0.1) is 0 Å². The number of amides is 1. The maximum absolute atomic E-state index is 12.3. The first kappa shape index (κ1) is 14.5. The van der Waals surface area contributed by atoms with Crippen LogP contribution in [0.4, 0.5) is 0 Å². The molecule has 0 bridgehead atoms. The van der Waals surface area contributed by atoms with Crippen LogP contribution >= 0.6 is 0 Å². The van der Waals surface area contributed by atoms with Gasteiger partial charge in [-0.25, -0.2) is 4.98 Å². The molecule has 2 aliphatic rings. The molecule has 1 amide bonds. The van der Waals surface area contributed by atoms with Crippen molar-refractivity contribution in [2.45, 2.75) is 37.7 Å². The van der Waals surface area contributed by atoms with Crippen molar-refractivity contribution in [2.75, 3.05) is 32.7 Å². The van der Waals surface area contributed by atoms with Gasteiger partial charge >= 0.3 is 0 Å². The Morgan fingerprint density at radius 2 is 2.14 bits per heavy atom. The van der Waals surface area contributed by atoms with Gasteiger partial charge in [0.1, 0.15) is 12.2 Å². The molecule has 2 aliphatic heterocycles. The summed E-state index contributed by atoms with van der Waals surface area (Å²) in [5.74, 6) is 1.50. The quantitative estimate of drug-likeness (QED) is 0.817. The first-order chi connectivity index (χ1) is 10.2. The van der Waals surface area contributed by atoms with Crippen molar-refractivity contribution < 1.29 is 9.90 Å². The third kappa shape index (κ3) is 3.59. The molecule has 3 heterocycles. The van der Waals surface area contributed by atoms with Crippen molar-refractivity contribution in [1.82, 2.24) is 25.0 Å². The molecule has 0 radical (unpaired) electrons. The lowest BCUT2D eigenvalue weighted by Crippen LogP contribution is -2.47. The van der Waals surface area contributed by atoms with Crippen molar-refractivity contribution in [2.24, 2.45) is 0 Å². The molecule has 2 N–H and O–H groups in total. The minimum absolute atomic E-state index is 0.181. The van der Waals surface area contributed by atoms with Crippen LogP contribution in [0.1, 0.15) is 37.4 Å². The number of nitrogens with one attached hydrogen (secondary N) is 1. The fourth-order valence-corrected chi connectivity index (χ4v) is 3.28. The van der Waals surface area contributed by atoms with Crippen LogP contribution in [0.5, 0.6) is 0 Å². The fourth-order valence-electron chi connectivity index (χ4n) is 3.28. The SMILES string of the molecule is O=C(CN1CCCC(O)C1)N1CCC(c2ncn[nH]2)CC1. The van der Waals surface area contributed by atoms with Crippen molar-refractivity contribution in [3.05, 3.63) is 12.2 Å². The van der Waals surface area contributed by atoms with Crippen LogP contribution in [0.2, 0.25) is 0 Å². The molecule has 0 spiro atoms. The van der Waals surface area contributed by atoms with E-state index < -0.39 is 0 Å². The maximum Gasteiger partial charge on any atom is 0.236 e. The normalized spacial score (nSPS) is 25.2. The van der Waals surface area contributed by atoms with Gasteiger partial charge in [-0.2, -0.15) is 5.10 Å². The molecule has 7 nitrogen and oxygen atoms in total. The standard InChI is InChI=1S/C14H23N5O2/c20-12-2-1-5-18(8-12)9-13(21)19-6-3-11(4-7-19)14-15-10-16-17-14/h10-12,20H,1-9H2,(H,15,16,17). The van der Waals surface area contributed by atoms with Gasteiger partial charge < -0.3 is 10.0 Å². The Hall–Kier alpha value is -1.47. The number of aromatic nitrogens is 3. The number of aliphatic hydroxyl groups excluding tert-OH is 1. The van der Waals surface area contributed by atoms with Gasteiger partial charge in [0, 0.05) is 25.6 Å². The van der Waals surface area contributed by atoms with Crippen LogP contribution in [0, 0.1) is 0 Å². The highest BCUT2D eigenvalue weighted by Gasteiger charge is 2.27. The summed E-state index contributed by atoms with van der Waals surface area (Å²) in [4.78, 5) is 20.5.